The maximum atomic E-state index is 9.02. The smallest absolute Gasteiger partial charge is 0.108 e. The molecule has 0 atom stereocenters. The quantitative estimate of drug-likeness (QED) is 0.888. The SMILES string of the molecule is Cc1ccccc1C(OCCO)c1ccccc1C. The van der Waals surface area contributed by atoms with Crippen molar-refractivity contribution >= 4 is 0 Å². The Kier molecular flexibility index (Phi) is 4.72. The lowest BCUT2D eigenvalue weighted by Crippen LogP contribution is -2.12. The van der Waals surface area contributed by atoms with Gasteiger partial charge in [0.2, 0.25) is 0 Å². The minimum absolute atomic E-state index is 0.0360. The van der Waals surface area contributed by atoms with Crippen LogP contribution < -0.4 is 0 Å². The molecule has 2 nitrogen and oxygen atoms in total. The van der Waals surface area contributed by atoms with Crippen molar-refractivity contribution in [2.45, 2.75) is 20.0 Å². The van der Waals surface area contributed by atoms with E-state index in [2.05, 4.69) is 38.1 Å². The van der Waals surface area contributed by atoms with E-state index in [9.17, 15) is 0 Å². The van der Waals surface area contributed by atoms with Crippen LogP contribution in [0.3, 0.4) is 0 Å². The molecule has 0 unspecified atom stereocenters. The Morgan fingerprint density at radius 3 is 1.79 bits per heavy atom. The Hall–Kier alpha value is -1.64. The summed E-state index contributed by atoms with van der Waals surface area (Å²) in [6.07, 6.45) is -0.116. The van der Waals surface area contributed by atoms with Crippen LogP contribution in [0.2, 0.25) is 0 Å². The van der Waals surface area contributed by atoms with Gasteiger partial charge in [-0.3, -0.25) is 0 Å². The summed E-state index contributed by atoms with van der Waals surface area (Å²) in [5.41, 5.74) is 4.72. The van der Waals surface area contributed by atoms with Crippen molar-refractivity contribution in [2.75, 3.05) is 13.2 Å². The fourth-order valence-electron chi connectivity index (χ4n) is 2.28. The zero-order chi connectivity index (χ0) is 13.7. The van der Waals surface area contributed by atoms with Crippen molar-refractivity contribution in [3.8, 4) is 0 Å². The Bertz CT molecular complexity index is 489. The van der Waals surface area contributed by atoms with Crippen molar-refractivity contribution in [3.63, 3.8) is 0 Å². The normalized spacial score (nSPS) is 10.9. The molecule has 2 aromatic carbocycles. The van der Waals surface area contributed by atoms with E-state index in [1.807, 2.05) is 24.3 Å². The first-order valence-electron chi connectivity index (χ1n) is 6.57. The highest BCUT2D eigenvalue weighted by Gasteiger charge is 2.17. The molecule has 0 fully saturated rings. The largest absolute Gasteiger partial charge is 0.394 e. The van der Waals surface area contributed by atoms with E-state index in [4.69, 9.17) is 9.84 Å². The molecule has 100 valence electrons. The molecule has 0 spiro atoms. The maximum absolute atomic E-state index is 9.02. The second kappa shape index (κ2) is 6.50. The molecule has 2 heteroatoms. The van der Waals surface area contributed by atoms with Crippen molar-refractivity contribution in [3.05, 3.63) is 70.8 Å². The number of rotatable bonds is 5. The third kappa shape index (κ3) is 3.22. The lowest BCUT2D eigenvalue weighted by molar-refractivity contribution is 0.0495. The molecule has 0 amide bonds. The zero-order valence-corrected chi connectivity index (χ0v) is 11.5. The van der Waals surface area contributed by atoms with Gasteiger partial charge in [0.1, 0.15) is 6.10 Å². The molecule has 2 aromatic rings. The van der Waals surface area contributed by atoms with Gasteiger partial charge >= 0.3 is 0 Å². The summed E-state index contributed by atoms with van der Waals surface area (Å²) in [7, 11) is 0. The molecule has 0 aliphatic rings. The highest BCUT2D eigenvalue weighted by atomic mass is 16.5. The fourth-order valence-corrected chi connectivity index (χ4v) is 2.28. The molecular weight excluding hydrogens is 236 g/mol. The highest BCUT2D eigenvalue weighted by molar-refractivity contribution is 5.38. The molecule has 0 saturated heterocycles. The summed E-state index contributed by atoms with van der Waals surface area (Å²) in [4.78, 5) is 0. The van der Waals surface area contributed by atoms with Gasteiger partial charge in [0.25, 0.3) is 0 Å². The van der Waals surface area contributed by atoms with Crippen molar-refractivity contribution in [2.24, 2.45) is 0 Å². The van der Waals surface area contributed by atoms with E-state index in [1.54, 1.807) is 0 Å². The average Bonchev–Trinajstić information content (AvgIpc) is 2.42. The summed E-state index contributed by atoms with van der Waals surface area (Å²) in [5, 5.41) is 9.02. The Balaban J connectivity index is 2.42. The first kappa shape index (κ1) is 13.8. The van der Waals surface area contributed by atoms with E-state index >= 15 is 0 Å². The summed E-state index contributed by atoms with van der Waals surface area (Å²) in [5.74, 6) is 0. The molecule has 0 heterocycles. The predicted octanol–water partition coefficient (Wildman–Crippen LogP) is 3.40. The van der Waals surface area contributed by atoms with Crippen LogP contribution in [0.4, 0.5) is 0 Å². The summed E-state index contributed by atoms with van der Waals surface area (Å²) in [6.45, 7) is 4.55. The number of aryl methyl sites for hydroxylation is 2. The highest BCUT2D eigenvalue weighted by Crippen LogP contribution is 2.30. The lowest BCUT2D eigenvalue weighted by atomic mass is 9.94. The number of hydrogen-bond donors (Lipinski definition) is 1. The van der Waals surface area contributed by atoms with Crippen molar-refractivity contribution < 1.29 is 9.84 Å². The number of aliphatic hydroxyl groups excluding tert-OH is 1. The molecule has 0 aromatic heterocycles. The van der Waals surface area contributed by atoms with Gasteiger partial charge in [-0.15, -0.1) is 0 Å². The molecule has 1 N–H and O–H groups in total. The summed E-state index contributed by atoms with van der Waals surface area (Å²) < 4.78 is 5.88. The van der Waals surface area contributed by atoms with Crippen LogP contribution in [0.25, 0.3) is 0 Å². The molecule has 0 aliphatic carbocycles. The van der Waals surface area contributed by atoms with Crippen molar-refractivity contribution in [1.29, 1.82) is 0 Å². The third-order valence-corrected chi connectivity index (χ3v) is 3.32. The van der Waals surface area contributed by atoms with Crippen LogP contribution in [-0.2, 0) is 4.74 Å². The van der Waals surface area contributed by atoms with Crippen LogP contribution in [-0.4, -0.2) is 18.3 Å². The van der Waals surface area contributed by atoms with E-state index in [0.29, 0.717) is 6.61 Å². The molecule has 19 heavy (non-hydrogen) atoms. The average molecular weight is 256 g/mol. The van der Waals surface area contributed by atoms with E-state index in [-0.39, 0.29) is 12.7 Å². The first-order valence-corrected chi connectivity index (χ1v) is 6.57. The number of hydrogen-bond acceptors (Lipinski definition) is 2. The van der Waals surface area contributed by atoms with Crippen LogP contribution >= 0.6 is 0 Å². The van der Waals surface area contributed by atoms with Gasteiger partial charge in [0.05, 0.1) is 13.2 Å². The van der Waals surface area contributed by atoms with Crippen LogP contribution in [0.1, 0.15) is 28.4 Å². The Morgan fingerprint density at radius 1 is 0.895 bits per heavy atom. The van der Waals surface area contributed by atoms with Crippen LogP contribution in [0.5, 0.6) is 0 Å². The van der Waals surface area contributed by atoms with Crippen LogP contribution in [0, 0.1) is 13.8 Å². The van der Waals surface area contributed by atoms with Gasteiger partial charge < -0.3 is 9.84 Å². The summed E-state index contributed by atoms with van der Waals surface area (Å²) >= 11 is 0. The van der Waals surface area contributed by atoms with Gasteiger partial charge in [-0.1, -0.05) is 48.5 Å². The number of benzene rings is 2. The first-order chi connectivity index (χ1) is 9.24. The Labute approximate surface area is 114 Å². The minimum atomic E-state index is -0.116. The molecule has 2 rings (SSSR count). The third-order valence-electron chi connectivity index (χ3n) is 3.32. The molecule has 0 radical (unpaired) electrons. The van der Waals surface area contributed by atoms with Gasteiger partial charge in [-0.25, -0.2) is 0 Å². The van der Waals surface area contributed by atoms with Gasteiger partial charge in [0, 0.05) is 0 Å². The second-order valence-corrected chi connectivity index (χ2v) is 4.69. The molecule has 0 saturated carbocycles. The molecule has 0 bridgehead atoms. The standard InChI is InChI=1S/C17H20O2/c1-13-7-3-5-9-15(13)17(19-12-11-18)16-10-6-4-8-14(16)2/h3-10,17-18H,11-12H2,1-2H3. The van der Waals surface area contributed by atoms with Crippen LogP contribution in [0.15, 0.2) is 48.5 Å². The topological polar surface area (TPSA) is 29.5 Å². The monoisotopic (exact) mass is 256 g/mol. The molecular formula is C17H20O2. The maximum Gasteiger partial charge on any atom is 0.108 e. The molecule has 0 aliphatic heterocycles. The Morgan fingerprint density at radius 2 is 1.37 bits per heavy atom. The van der Waals surface area contributed by atoms with Gasteiger partial charge in [0.15, 0.2) is 0 Å². The second-order valence-electron chi connectivity index (χ2n) is 4.69. The lowest BCUT2D eigenvalue weighted by Gasteiger charge is -2.22. The van der Waals surface area contributed by atoms with E-state index < -0.39 is 0 Å². The van der Waals surface area contributed by atoms with Crippen molar-refractivity contribution in [1.82, 2.24) is 0 Å². The number of ether oxygens (including phenoxy) is 1. The van der Waals surface area contributed by atoms with Gasteiger partial charge in [-0.05, 0) is 36.1 Å². The number of aliphatic hydroxyl groups is 1. The predicted molar refractivity (Wildman–Crippen MR) is 77.2 cm³/mol. The fraction of sp³-hybridized carbons (Fsp3) is 0.294. The van der Waals surface area contributed by atoms with E-state index in [0.717, 1.165) is 11.1 Å². The van der Waals surface area contributed by atoms with E-state index in [1.165, 1.54) is 11.1 Å². The van der Waals surface area contributed by atoms with Gasteiger partial charge in [-0.2, -0.15) is 0 Å². The zero-order valence-electron chi connectivity index (χ0n) is 11.5. The summed E-state index contributed by atoms with van der Waals surface area (Å²) in [6, 6.07) is 16.4. The minimum Gasteiger partial charge on any atom is -0.394 e.